The SMILES string of the molecule is O=C=Nc1cnccc1-c1ccc(Br)cc1. The molecular formula is C12H7BrN2O. The minimum absolute atomic E-state index is 0.528. The predicted octanol–water partition coefficient (Wildman–Crippen LogP) is 3.48. The normalized spacial score (nSPS) is 9.56. The minimum atomic E-state index is 0.528. The second-order valence-corrected chi connectivity index (χ2v) is 4.02. The van der Waals surface area contributed by atoms with Crippen LogP contribution in [0.15, 0.2) is 52.2 Å². The fourth-order valence-corrected chi connectivity index (χ4v) is 1.66. The van der Waals surface area contributed by atoms with Gasteiger partial charge in [-0.1, -0.05) is 28.1 Å². The van der Waals surface area contributed by atoms with Crippen molar-refractivity contribution in [3.8, 4) is 11.1 Å². The summed E-state index contributed by atoms with van der Waals surface area (Å²) < 4.78 is 1.01. The molecule has 4 heteroatoms. The van der Waals surface area contributed by atoms with Gasteiger partial charge in [0.25, 0.3) is 0 Å². The van der Waals surface area contributed by atoms with Crippen molar-refractivity contribution >= 4 is 27.7 Å². The summed E-state index contributed by atoms with van der Waals surface area (Å²) in [4.78, 5) is 17.8. The second kappa shape index (κ2) is 4.84. The number of halogens is 1. The molecule has 2 rings (SSSR count). The monoisotopic (exact) mass is 274 g/mol. The Kier molecular flexibility index (Phi) is 3.25. The summed E-state index contributed by atoms with van der Waals surface area (Å²) in [7, 11) is 0. The van der Waals surface area contributed by atoms with E-state index in [-0.39, 0.29) is 0 Å². The highest BCUT2D eigenvalue weighted by Crippen LogP contribution is 2.29. The minimum Gasteiger partial charge on any atom is -0.262 e. The molecule has 1 aromatic carbocycles. The van der Waals surface area contributed by atoms with Gasteiger partial charge in [-0.3, -0.25) is 4.98 Å². The first-order valence-corrected chi connectivity index (χ1v) is 5.38. The van der Waals surface area contributed by atoms with E-state index in [1.165, 1.54) is 6.08 Å². The maximum atomic E-state index is 10.3. The predicted molar refractivity (Wildman–Crippen MR) is 65.2 cm³/mol. The van der Waals surface area contributed by atoms with Gasteiger partial charge in [0.2, 0.25) is 6.08 Å². The van der Waals surface area contributed by atoms with Crippen LogP contribution in [-0.2, 0) is 4.79 Å². The number of benzene rings is 1. The van der Waals surface area contributed by atoms with E-state index in [0.29, 0.717) is 5.69 Å². The molecule has 1 heterocycles. The lowest BCUT2D eigenvalue weighted by molar-refractivity contribution is 0.565. The zero-order valence-corrected chi connectivity index (χ0v) is 9.81. The van der Waals surface area contributed by atoms with Gasteiger partial charge in [0.15, 0.2) is 0 Å². The van der Waals surface area contributed by atoms with Gasteiger partial charge < -0.3 is 0 Å². The van der Waals surface area contributed by atoms with Crippen molar-refractivity contribution in [2.75, 3.05) is 0 Å². The van der Waals surface area contributed by atoms with Gasteiger partial charge >= 0.3 is 0 Å². The largest absolute Gasteiger partial charge is 0.262 e. The number of isocyanates is 1. The van der Waals surface area contributed by atoms with Gasteiger partial charge in [-0.2, -0.15) is 4.99 Å². The van der Waals surface area contributed by atoms with Gasteiger partial charge in [0.1, 0.15) is 5.69 Å². The second-order valence-electron chi connectivity index (χ2n) is 3.10. The van der Waals surface area contributed by atoms with Crippen LogP contribution < -0.4 is 0 Å². The van der Waals surface area contributed by atoms with Crippen LogP contribution in [0, 0.1) is 0 Å². The van der Waals surface area contributed by atoms with Crippen LogP contribution in [-0.4, -0.2) is 11.1 Å². The average Bonchev–Trinajstić information content (AvgIpc) is 2.32. The summed E-state index contributed by atoms with van der Waals surface area (Å²) in [5, 5.41) is 0. The number of aromatic nitrogens is 1. The fraction of sp³-hybridized carbons (Fsp3) is 0. The highest BCUT2D eigenvalue weighted by Gasteiger charge is 2.03. The Bertz CT molecular complexity index is 545. The van der Waals surface area contributed by atoms with Crippen molar-refractivity contribution in [2.45, 2.75) is 0 Å². The summed E-state index contributed by atoms with van der Waals surface area (Å²) in [5.74, 6) is 0. The van der Waals surface area contributed by atoms with Crippen LogP contribution in [0.4, 0.5) is 5.69 Å². The third-order valence-electron chi connectivity index (χ3n) is 2.12. The molecule has 0 radical (unpaired) electrons. The molecule has 0 atom stereocenters. The summed E-state index contributed by atoms with van der Waals surface area (Å²) in [5.41, 5.74) is 2.38. The van der Waals surface area contributed by atoms with E-state index < -0.39 is 0 Å². The number of rotatable bonds is 2. The molecule has 0 saturated carbocycles. The molecule has 0 aliphatic heterocycles. The van der Waals surface area contributed by atoms with Crippen molar-refractivity contribution in [1.29, 1.82) is 0 Å². The quantitative estimate of drug-likeness (QED) is 0.622. The maximum absolute atomic E-state index is 10.3. The molecule has 0 bridgehead atoms. The third-order valence-corrected chi connectivity index (χ3v) is 2.65. The number of aliphatic imine (C=N–C) groups is 1. The van der Waals surface area contributed by atoms with Gasteiger partial charge in [-0.05, 0) is 23.8 Å². The highest BCUT2D eigenvalue weighted by molar-refractivity contribution is 9.10. The van der Waals surface area contributed by atoms with Crippen LogP contribution in [0.1, 0.15) is 0 Å². The van der Waals surface area contributed by atoms with Gasteiger partial charge in [0.05, 0.1) is 6.20 Å². The van der Waals surface area contributed by atoms with Crippen LogP contribution >= 0.6 is 15.9 Å². The Hall–Kier alpha value is -1.77. The van der Waals surface area contributed by atoms with Gasteiger partial charge in [-0.25, -0.2) is 4.79 Å². The van der Waals surface area contributed by atoms with Gasteiger partial charge in [-0.15, -0.1) is 0 Å². The Morgan fingerprint density at radius 1 is 1.19 bits per heavy atom. The van der Waals surface area contributed by atoms with Gasteiger partial charge in [0, 0.05) is 16.2 Å². The van der Waals surface area contributed by atoms with E-state index in [9.17, 15) is 4.79 Å². The molecule has 3 nitrogen and oxygen atoms in total. The summed E-state index contributed by atoms with van der Waals surface area (Å²) in [6.07, 6.45) is 4.74. The van der Waals surface area contributed by atoms with Crippen LogP contribution in [0.25, 0.3) is 11.1 Å². The molecule has 0 aliphatic rings. The van der Waals surface area contributed by atoms with Crippen LogP contribution in [0.2, 0.25) is 0 Å². The molecule has 16 heavy (non-hydrogen) atoms. The molecule has 2 aromatic rings. The van der Waals surface area contributed by atoms with Crippen molar-refractivity contribution in [1.82, 2.24) is 4.98 Å². The van der Waals surface area contributed by atoms with Crippen LogP contribution in [0.5, 0.6) is 0 Å². The zero-order chi connectivity index (χ0) is 11.4. The first-order chi connectivity index (χ1) is 7.81. The molecule has 0 spiro atoms. The van der Waals surface area contributed by atoms with E-state index in [0.717, 1.165) is 15.6 Å². The lowest BCUT2D eigenvalue weighted by atomic mass is 10.1. The lowest BCUT2D eigenvalue weighted by Crippen LogP contribution is -1.80. The molecule has 0 unspecified atom stereocenters. The first-order valence-electron chi connectivity index (χ1n) is 4.59. The molecular weight excluding hydrogens is 268 g/mol. The maximum Gasteiger partial charge on any atom is 0.240 e. The first kappa shape index (κ1) is 10.7. The van der Waals surface area contributed by atoms with E-state index in [1.807, 2.05) is 30.3 Å². The molecule has 0 fully saturated rings. The molecule has 0 aliphatic carbocycles. The molecule has 1 aromatic heterocycles. The summed E-state index contributed by atoms with van der Waals surface area (Å²) in [6.45, 7) is 0. The number of pyridine rings is 1. The van der Waals surface area contributed by atoms with Crippen molar-refractivity contribution < 1.29 is 4.79 Å². The Morgan fingerprint density at radius 2 is 1.94 bits per heavy atom. The molecule has 0 N–H and O–H groups in total. The lowest BCUT2D eigenvalue weighted by Gasteiger charge is -2.03. The number of carbonyl (C=O) groups excluding carboxylic acids is 1. The molecule has 78 valence electrons. The number of hydrogen-bond acceptors (Lipinski definition) is 3. The average molecular weight is 275 g/mol. The molecule has 0 amide bonds. The topological polar surface area (TPSA) is 42.3 Å². The Balaban J connectivity index is 2.55. The van der Waals surface area contributed by atoms with Crippen LogP contribution in [0.3, 0.4) is 0 Å². The Labute approximate surface area is 101 Å². The zero-order valence-electron chi connectivity index (χ0n) is 8.22. The standard InChI is InChI=1S/C12H7BrN2O/c13-10-3-1-9(2-4-10)11-5-6-14-7-12(11)15-8-16/h1-7H. The van der Waals surface area contributed by atoms with E-state index in [1.54, 1.807) is 12.4 Å². The third kappa shape index (κ3) is 2.24. The van der Waals surface area contributed by atoms with Crippen molar-refractivity contribution in [2.24, 2.45) is 4.99 Å². The van der Waals surface area contributed by atoms with Crippen molar-refractivity contribution in [3.63, 3.8) is 0 Å². The summed E-state index contributed by atoms with van der Waals surface area (Å²) >= 11 is 3.37. The smallest absolute Gasteiger partial charge is 0.240 e. The molecule has 0 saturated heterocycles. The fourth-order valence-electron chi connectivity index (χ4n) is 1.40. The van der Waals surface area contributed by atoms with E-state index in [4.69, 9.17) is 0 Å². The number of nitrogens with zero attached hydrogens (tertiary/aromatic N) is 2. The highest BCUT2D eigenvalue weighted by atomic mass is 79.9. The van der Waals surface area contributed by atoms with Crippen molar-refractivity contribution in [3.05, 3.63) is 47.2 Å². The summed E-state index contributed by atoms with van der Waals surface area (Å²) in [6, 6.07) is 9.58. The Morgan fingerprint density at radius 3 is 2.62 bits per heavy atom. The van der Waals surface area contributed by atoms with E-state index >= 15 is 0 Å². The van der Waals surface area contributed by atoms with E-state index in [2.05, 4.69) is 25.9 Å². The number of hydrogen-bond donors (Lipinski definition) is 0.